The van der Waals surface area contributed by atoms with Crippen LogP contribution in [0, 0.1) is 0 Å². The number of rotatable bonds is 5. The first-order valence-electron chi connectivity index (χ1n) is 8.36. The van der Waals surface area contributed by atoms with Crippen LogP contribution in [0.1, 0.15) is 47.5 Å². The molecule has 1 saturated heterocycles. The second-order valence-electron chi connectivity index (χ2n) is 6.91. The van der Waals surface area contributed by atoms with Crippen molar-refractivity contribution in [2.45, 2.75) is 65.1 Å². The minimum Gasteiger partial charge on any atom is -0.450 e. The molecule has 2 amide bonds. The van der Waals surface area contributed by atoms with Crippen LogP contribution in [0.4, 0.5) is 9.59 Å². The van der Waals surface area contributed by atoms with Gasteiger partial charge in [-0.05, 0) is 47.5 Å². The predicted octanol–water partition coefficient (Wildman–Crippen LogP) is 2.11. The van der Waals surface area contributed by atoms with E-state index in [0.29, 0.717) is 32.3 Å². The molecule has 23 heavy (non-hydrogen) atoms. The average Bonchev–Trinajstić information content (AvgIpc) is 2.44. The van der Waals surface area contributed by atoms with Crippen LogP contribution in [-0.4, -0.2) is 61.0 Å². The highest BCUT2D eigenvalue weighted by molar-refractivity contribution is 5.68. The van der Waals surface area contributed by atoms with Crippen LogP contribution in [0.2, 0.25) is 0 Å². The summed E-state index contributed by atoms with van der Waals surface area (Å²) >= 11 is 0. The van der Waals surface area contributed by atoms with Gasteiger partial charge in [-0.25, -0.2) is 9.59 Å². The van der Waals surface area contributed by atoms with E-state index in [-0.39, 0.29) is 12.1 Å². The molecule has 0 radical (unpaired) electrons. The number of carbonyl (C=O) groups excluding carboxylic acids is 2. The zero-order valence-electron chi connectivity index (χ0n) is 15.0. The molecular weight excluding hydrogens is 298 g/mol. The molecule has 0 saturated carbocycles. The van der Waals surface area contributed by atoms with Crippen LogP contribution >= 0.6 is 0 Å². The fourth-order valence-electron chi connectivity index (χ4n) is 2.46. The maximum Gasteiger partial charge on any atom is 0.409 e. The van der Waals surface area contributed by atoms with E-state index in [4.69, 9.17) is 9.47 Å². The summed E-state index contributed by atoms with van der Waals surface area (Å²) < 4.78 is 10.2. The first-order chi connectivity index (χ1) is 10.7. The average molecular weight is 329 g/mol. The van der Waals surface area contributed by atoms with E-state index in [0.717, 1.165) is 12.8 Å². The first kappa shape index (κ1) is 19.5. The number of nitrogens with one attached hydrogen (secondary N) is 2. The Morgan fingerprint density at radius 1 is 1.26 bits per heavy atom. The predicted molar refractivity (Wildman–Crippen MR) is 88.5 cm³/mol. The first-order valence-corrected chi connectivity index (χ1v) is 8.36. The van der Waals surface area contributed by atoms with Crippen LogP contribution in [0.3, 0.4) is 0 Å². The molecular formula is C16H31N3O4. The van der Waals surface area contributed by atoms with E-state index in [1.165, 1.54) is 0 Å². The molecule has 0 aliphatic carbocycles. The molecule has 1 rings (SSSR count). The summed E-state index contributed by atoms with van der Waals surface area (Å²) in [6.45, 7) is 11.7. The molecule has 7 nitrogen and oxygen atoms in total. The van der Waals surface area contributed by atoms with Gasteiger partial charge in [0.2, 0.25) is 0 Å². The van der Waals surface area contributed by atoms with Crippen molar-refractivity contribution in [3.63, 3.8) is 0 Å². The van der Waals surface area contributed by atoms with Gasteiger partial charge in [-0.2, -0.15) is 0 Å². The van der Waals surface area contributed by atoms with Gasteiger partial charge in [0.25, 0.3) is 0 Å². The maximum absolute atomic E-state index is 11.6. The highest BCUT2D eigenvalue weighted by Gasteiger charge is 2.24. The Morgan fingerprint density at radius 2 is 1.87 bits per heavy atom. The summed E-state index contributed by atoms with van der Waals surface area (Å²) in [6.07, 6.45) is 1.14. The molecule has 1 aliphatic heterocycles. The molecule has 1 aliphatic rings. The standard InChI is InChI=1S/C16H31N3O4/c1-6-22-15(21)19-9-7-13(8-10-19)18-12(2)11-17-14(20)23-16(3,4)5/h12-13,18H,6-11H2,1-5H3,(H,17,20). The van der Waals surface area contributed by atoms with E-state index in [2.05, 4.69) is 10.6 Å². The van der Waals surface area contributed by atoms with Crippen LogP contribution in [0.15, 0.2) is 0 Å². The highest BCUT2D eigenvalue weighted by atomic mass is 16.6. The lowest BCUT2D eigenvalue weighted by Crippen LogP contribution is -2.50. The largest absolute Gasteiger partial charge is 0.450 e. The molecule has 134 valence electrons. The van der Waals surface area contributed by atoms with Gasteiger partial charge in [0.15, 0.2) is 0 Å². The van der Waals surface area contributed by atoms with Gasteiger partial charge in [-0.15, -0.1) is 0 Å². The smallest absolute Gasteiger partial charge is 0.409 e. The minimum atomic E-state index is -0.485. The third-order valence-electron chi connectivity index (χ3n) is 3.49. The molecule has 0 spiro atoms. The van der Waals surface area contributed by atoms with E-state index in [1.807, 2.05) is 34.6 Å². The van der Waals surface area contributed by atoms with Gasteiger partial charge < -0.3 is 25.0 Å². The van der Waals surface area contributed by atoms with Crippen molar-refractivity contribution >= 4 is 12.2 Å². The molecule has 0 aromatic carbocycles. The molecule has 1 atom stereocenters. The quantitative estimate of drug-likeness (QED) is 0.807. The molecule has 1 fully saturated rings. The van der Waals surface area contributed by atoms with E-state index < -0.39 is 11.7 Å². The van der Waals surface area contributed by atoms with Crippen LogP contribution < -0.4 is 10.6 Å². The fourth-order valence-corrected chi connectivity index (χ4v) is 2.46. The molecule has 7 heteroatoms. The van der Waals surface area contributed by atoms with Gasteiger partial charge in [0.1, 0.15) is 5.60 Å². The second kappa shape index (κ2) is 8.96. The monoisotopic (exact) mass is 329 g/mol. The van der Waals surface area contributed by atoms with Crippen molar-refractivity contribution < 1.29 is 19.1 Å². The number of nitrogens with zero attached hydrogens (tertiary/aromatic N) is 1. The molecule has 0 bridgehead atoms. The van der Waals surface area contributed by atoms with E-state index >= 15 is 0 Å². The fraction of sp³-hybridized carbons (Fsp3) is 0.875. The van der Waals surface area contributed by atoms with Gasteiger partial charge in [0.05, 0.1) is 6.61 Å². The van der Waals surface area contributed by atoms with Crippen LogP contribution in [0.5, 0.6) is 0 Å². The number of piperidine rings is 1. The van der Waals surface area contributed by atoms with Gasteiger partial charge >= 0.3 is 12.2 Å². The zero-order chi connectivity index (χ0) is 17.5. The van der Waals surface area contributed by atoms with E-state index in [9.17, 15) is 9.59 Å². The number of carbonyl (C=O) groups is 2. The number of hydrogen-bond donors (Lipinski definition) is 2. The summed E-state index contributed by atoms with van der Waals surface area (Å²) in [5, 5.41) is 6.24. The summed E-state index contributed by atoms with van der Waals surface area (Å²) in [5.74, 6) is 0. The number of alkyl carbamates (subject to hydrolysis) is 1. The lowest BCUT2D eigenvalue weighted by molar-refractivity contribution is 0.0520. The summed E-state index contributed by atoms with van der Waals surface area (Å²) in [6, 6.07) is 0.484. The Hall–Kier alpha value is -1.50. The third kappa shape index (κ3) is 8.06. The van der Waals surface area contributed by atoms with Crippen LogP contribution in [0.25, 0.3) is 0 Å². The molecule has 0 aromatic heterocycles. The number of ether oxygens (including phenoxy) is 2. The zero-order valence-corrected chi connectivity index (χ0v) is 15.0. The normalized spacial score (nSPS) is 17.5. The van der Waals surface area contributed by atoms with Crippen molar-refractivity contribution in [2.75, 3.05) is 26.2 Å². The number of amides is 2. The minimum absolute atomic E-state index is 0.140. The lowest BCUT2D eigenvalue weighted by Gasteiger charge is -2.33. The van der Waals surface area contributed by atoms with Crippen molar-refractivity contribution in [3.05, 3.63) is 0 Å². The van der Waals surface area contributed by atoms with Gasteiger partial charge in [0, 0.05) is 31.7 Å². The SMILES string of the molecule is CCOC(=O)N1CCC(NC(C)CNC(=O)OC(C)(C)C)CC1. The van der Waals surface area contributed by atoms with Crippen molar-refractivity contribution in [2.24, 2.45) is 0 Å². The highest BCUT2D eigenvalue weighted by Crippen LogP contribution is 2.12. The Bertz CT molecular complexity index is 387. The van der Waals surface area contributed by atoms with Crippen molar-refractivity contribution in [1.29, 1.82) is 0 Å². The lowest BCUT2D eigenvalue weighted by atomic mass is 10.0. The van der Waals surface area contributed by atoms with E-state index in [1.54, 1.807) is 4.90 Å². The molecule has 2 N–H and O–H groups in total. The maximum atomic E-state index is 11.6. The Labute approximate surface area is 139 Å². The summed E-state index contributed by atoms with van der Waals surface area (Å²) in [4.78, 5) is 25.0. The Kier molecular flexibility index (Phi) is 7.61. The molecule has 0 aromatic rings. The number of likely N-dealkylation sites (tertiary alicyclic amines) is 1. The molecule has 1 unspecified atom stereocenters. The third-order valence-corrected chi connectivity index (χ3v) is 3.49. The summed E-state index contributed by atoms with van der Waals surface area (Å²) in [5.41, 5.74) is -0.485. The van der Waals surface area contributed by atoms with Gasteiger partial charge in [-0.3, -0.25) is 0 Å². The summed E-state index contributed by atoms with van der Waals surface area (Å²) in [7, 11) is 0. The number of hydrogen-bond acceptors (Lipinski definition) is 5. The molecule has 1 heterocycles. The van der Waals surface area contributed by atoms with Crippen molar-refractivity contribution in [1.82, 2.24) is 15.5 Å². The van der Waals surface area contributed by atoms with Crippen molar-refractivity contribution in [3.8, 4) is 0 Å². The second-order valence-corrected chi connectivity index (χ2v) is 6.91. The Morgan fingerprint density at radius 3 is 2.39 bits per heavy atom. The van der Waals surface area contributed by atoms with Crippen LogP contribution in [-0.2, 0) is 9.47 Å². The Balaban J connectivity index is 2.22. The topological polar surface area (TPSA) is 79.9 Å². The van der Waals surface area contributed by atoms with Gasteiger partial charge in [-0.1, -0.05) is 0 Å².